The lowest BCUT2D eigenvalue weighted by molar-refractivity contribution is 0.129. The van der Waals surface area contributed by atoms with E-state index in [-0.39, 0.29) is 12.1 Å². The summed E-state index contributed by atoms with van der Waals surface area (Å²) >= 11 is 0. The van der Waals surface area contributed by atoms with Crippen LogP contribution in [-0.2, 0) is 0 Å². The van der Waals surface area contributed by atoms with Gasteiger partial charge in [-0.15, -0.1) is 0 Å². The SMILES string of the molecule is CC1CCN(C(=O)Nc2cccnc2)C(c2ccco2)C1. The van der Waals surface area contributed by atoms with Crippen LogP contribution in [0.1, 0.15) is 31.6 Å². The quantitative estimate of drug-likeness (QED) is 0.915. The number of hydrogen-bond acceptors (Lipinski definition) is 3. The van der Waals surface area contributed by atoms with Crippen molar-refractivity contribution in [3.8, 4) is 0 Å². The first kappa shape index (κ1) is 13.7. The number of piperidine rings is 1. The minimum atomic E-state index is -0.101. The molecule has 5 heteroatoms. The fourth-order valence-corrected chi connectivity index (χ4v) is 2.77. The molecule has 1 saturated heterocycles. The van der Waals surface area contributed by atoms with Gasteiger partial charge in [-0.3, -0.25) is 4.98 Å². The van der Waals surface area contributed by atoms with Crippen molar-refractivity contribution in [2.75, 3.05) is 11.9 Å². The average molecular weight is 285 g/mol. The predicted octanol–water partition coefficient (Wildman–Crippen LogP) is 3.68. The summed E-state index contributed by atoms with van der Waals surface area (Å²) in [4.78, 5) is 18.4. The Labute approximate surface area is 124 Å². The lowest BCUT2D eigenvalue weighted by Crippen LogP contribution is -2.42. The summed E-state index contributed by atoms with van der Waals surface area (Å²) in [6, 6.07) is 7.34. The Morgan fingerprint density at radius 3 is 3.05 bits per heavy atom. The maximum atomic E-state index is 12.5. The van der Waals surface area contributed by atoms with Crippen LogP contribution in [0.4, 0.5) is 10.5 Å². The smallest absolute Gasteiger partial charge is 0.322 e. The maximum absolute atomic E-state index is 12.5. The summed E-state index contributed by atoms with van der Waals surface area (Å²) in [5.74, 6) is 1.44. The van der Waals surface area contributed by atoms with Gasteiger partial charge < -0.3 is 14.6 Å². The molecule has 2 unspecified atom stereocenters. The Bertz CT molecular complexity index is 583. The van der Waals surface area contributed by atoms with Crippen molar-refractivity contribution in [2.24, 2.45) is 5.92 Å². The van der Waals surface area contributed by atoms with Crippen LogP contribution in [0.2, 0.25) is 0 Å². The molecule has 1 aliphatic heterocycles. The molecule has 0 spiro atoms. The van der Waals surface area contributed by atoms with Crippen LogP contribution in [0.15, 0.2) is 47.3 Å². The van der Waals surface area contributed by atoms with E-state index in [0.717, 1.165) is 25.1 Å². The Hall–Kier alpha value is -2.30. The van der Waals surface area contributed by atoms with Crippen LogP contribution < -0.4 is 5.32 Å². The lowest BCUT2D eigenvalue weighted by atomic mass is 9.91. The number of pyridine rings is 1. The number of furan rings is 1. The van der Waals surface area contributed by atoms with Gasteiger partial charge in [0.2, 0.25) is 0 Å². The third-order valence-electron chi connectivity index (χ3n) is 3.91. The topological polar surface area (TPSA) is 58.4 Å². The van der Waals surface area contributed by atoms with Crippen molar-refractivity contribution >= 4 is 11.7 Å². The van der Waals surface area contributed by atoms with E-state index < -0.39 is 0 Å². The van der Waals surface area contributed by atoms with Gasteiger partial charge in [-0.05, 0) is 43.0 Å². The molecule has 110 valence electrons. The second-order valence-corrected chi connectivity index (χ2v) is 5.53. The van der Waals surface area contributed by atoms with Crippen LogP contribution >= 0.6 is 0 Å². The average Bonchev–Trinajstić information content (AvgIpc) is 3.02. The summed E-state index contributed by atoms with van der Waals surface area (Å²) < 4.78 is 5.52. The standard InChI is InChI=1S/C16H19N3O2/c1-12-6-8-19(14(10-12)15-5-3-9-21-15)16(20)18-13-4-2-7-17-11-13/h2-5,7,9,11-12,14H,6,8,10H2,1H3,(H,18,20). The van der Waals surface area contributed by atoms with Crippen molar-refractivity contribution in [2.45, 2.75) is 25.8 Å². The number of urea groups is 1. The predicted molar refractivity (Wildman–Crippen MR) is 79.8 cm³/mol. The van der Waals surface area contributed by atoms with Gasteiger partial charge in [-0.25, -0.2) is 4.79 Å². The molecule has 21 heavy (non-hydrogen) atoms. The number of aromatic nitrogens is 1. The first-order valence-electron chi connectivity index (χ1n) is 7.25. The highest BCUT2D eigenvalue weighted by atomic mass is 16.3. The van der Waals surface area contributed by atoms with Crippen LogP contribution in [-0.4, -0.2) is 22.5 Å². The van der Waals surface area contributed by atoms with Gasteiger partial charge in [-0.2, -0.15) is 0 Å². The minimum absolute atomic E-state index is 0.000390. The van der Waals surface area contributed by atoms with E-state index in [9.17, 15) is 4.79 Å². The Balaban J connectivity index is 1.76. The molecular weight excluding hydrogens is 266 g/mol. The molecule has 1 fully saturated rings. The third-order valence-corrected chi connectivity index (χ3v) is 3.91. The monoisotopic (exact) mass is 285 g/mol. The molecule has 2 aromatic rings. The number of carbonyl (C=O) groups excluding carboxylic acids is 1. The molecule has 3 rings (SSSR count). The number of hydrogen-bond donors (Lipinski definition) is 1. The van der Waals surface area contributed by atoms with Gasteiger partial charge in [-0.1, -0.05) is 6.92 Å². The zero-order valence-electron chi connectivity index (χ0n) is 12.0. The number of anilines is 1. The van der Waals surface area contributed by atoms with Crippen LogP contribution in [0.5, 0.6) is 0 Å². The van der Waals surface area contributed by atoms with Crippen molar-refractivity contribution in [3.63, 3.8) is 0 Å². The summed E-state index contributed by atoms with van der Waals surface area (Å²) in [7, 11) is 0. The summed E-state index contributed by atoms with van der Waals surface area (Å²) in [6.07, 6.45) is 6.92. The highest BCUT2D eigenvalue weighted by molar-refractivity contribution is 5.89. The van der Waals surface area contributed by atoms with E-state index in [1.165, 1.54) is 0 Å². The van der Waals surface area contributed by atoms with E-state index >= 15 is 0 Å². The van der Waals surface area contributed by atoms with Gasteiger partial charge in [0.05, 0.1) is 24.2 Å². The first-order chi connectivity index (χ1) is 10.2. The number of amides is 2. The summed E-state index contributed by atoms with van der Waals surface area (Å²) in [5.41, 5.74) is 0.708. The molecule has 0 aliphatic carbocycles. The number of nitrogens with one attached hydrogen (secondary N) is 1. The number of rotatable bonds is 2. The molecule has 2 amide bonds. The molecule has 2 aromatic heterocycles. The number of carbonyl (C=O) groups is 1. The summed E-state index contributed by atoms with van der Waals surface area (Å²) in [5, 5.41) is 2.90. The van der Waals surface area contributed by atoms with E-state index in [4.69, 9.17) is 4.42 Å². The van der Waals surface area contributed by atoms with E-state index in [2.05, 4.69) is 17.2 Å². The largest absolute Gasteiger partial charge is 0.467 e. The van der Waals surface area contributed by atoms with Gasteiger partial charge in [0.1, 0.15) is 5.76 Å². The molecule has 2 atom stereocenters. The second-order valence-electron chi connectivity index (χ2n) is 5.53. The lowest BCUT2D eigenvalue weighted by Gasteiger charge is -2.37. The molecule has 0 radical (unpaired) electrons. The molecule has 0 aromatic carbocycles. The molecule has 5 nitrogen and oxygen atoms in total. The Kier molecular flexibility index (Phi) is 3.90. The number of nitrogens with zero attached hydrogens (tertiary/aromatic N) is 2. The summed E-state index contributed by atoms with van der Waals surface area (Å²) in [6.45, 7) is 2.95. The highest BCUT2D eigenvalue weighted by Crippen LogP contribution is 2.34. The normalized spacial score (nSPS) is 22.0. The Morgan fingerprint density at radius 2 is 2.33 bits per heavy atom. The van der Waals surface area contributed by atoms with Crippen LogP contribution in [0.25, 0.3) is 0 Å². The van der Waals surface area contributed by atoms with Crippen molar-refractivity contribution in [1.29, 1.82) is 0 Å². The third kappa shape index (κ3) is 3.07. The van der Waals surface area contributed by atoms with Crippen LogP contribution in [0.3, 0.4) is 0 Å². The molecule has 3 heterocycles. The molecule has 0 bridgehead atoms. The van der Waals surface area contributed by atoms with E-state index in [0.29, 0.717) is 11.6 Å². The van der Waals surface area contributed by atoms with Gasteiger partial charge in [0.15, 0.2) is 0 Å². The fourth-order valence-electron chi connectivity index (χ4n) is 2.77. The van der Waals surface area contributed by atoms with Gasteiger partial charge >= 0.3 is 6.03 Å². The first-order valence-corrected chi connectivity index (χ1v) is 7.25. The zero-order chi connectivity index (χ0) is 14.7. The minimum Gasteiger partial charge on any atom is -0.467 e. The maximum Gasteiger partial charge on any atom is 0.322 e. The molecule has 0 saturated carbocycles. The second kappa shape index (κ2) is 5.99. The van der Waals surface area contributed by atoms with Gasteiger partial charge in [0, 0.05) is 12.7 Å². The van der Waals surface area contributed by atoms with Gasteiger partial charge in [0.25, 0.3) is 0 Å². The zero-order valence-corrected chi connectivity index (χ0v) is 12.0. The molecule has 1 aliphatic rings. The number of likely N-dealkylation sites (tertiary alicyclic amines) is 1. The highest BCUT2D eigenvalue weighted by Gasteiger charge is 2.32. The van der Waals surface area contributed by atoms with Crippen LogP contribution in [0, 0.1) is 5.92 Å². The fraction of sp³-hybridized carbons (Fsp3) is 0.375. The van der Waals surface area contributed by atoms with Crippen molar-refractivity contribution in [3.05, 3.63) is 48.7 Å². The molecule has 1 N–H and O–H groups in total. The van der Waals surface area contributed by atoms with Crippen molar-refractivity contribution in [1.82, 2.24) is 9.88 Å². The molecular formula is C16H19N3O2. The van der Waals surface area contributed by atoms with Crippen molar-refractivity contribution < 1.29 is 9.21 Å². The van der Waals surface area contributed by atoms with E-state index in [1.54, 1.807) is 24.7 Å². The Morgan fingerprint density at radius 1 is 1.43 bits per heavy atom. The van der Waals surface area contributed by atoms with E-state index in [1.807, 2.05) is 23.1 Å².